The number of hydrogen-bond donors (Lipinski definition) is 1. The van der Waals surface area contributed by atoms with Gasteiger partial charge in [0.2, 0.25) is 0 Å². The summed E-state index contributed by atoms with van der Waals surface area (Å²) in [5.41, 5.74) is 0.575. The number of fused-ring (bicyclic) bond motifs is 1. The molecule has 6 nitrogen and oxygen atoms in total. The average Bonchev–Trinajstić information content (AvgIpc) is 2.68. The third-order valence-corrected chi connectivity index (χ3v) is 6.16. The maximum atomic E-state index is 12.7. The topological polar surface area (TPSA) is 87.0 Å². The highest BCUT2D eigenvalue weighted by molar-refractivity contribution is 7.90. The molecule has 1 N–H and O–H groups in total. The minimum absolute atomic E-state index is 0.0411. The van der Waals surface area contributed by atoms with E-state index in [1.165, 1.54) is 12.1 Å². The molecule has 0 saturated heterocycles. The van der Waals surface area contributed by atoms with Crippen LogP contribution in [-0.4, -0.2) is 35.6 Å². The molecule has 2 aliphatic rings. The summed E-state index contributed by atoms with van der Waals surface area (Å²) in [5.74, 6) is -0.526. The molecule has 0 radical (unpaired) electrons. The zero-order valence-corrected chi connectivity index (χ0v) is 12.9. The van der Waals surface area contributed by atoms with Crippen molar-refractivity contribution in [3.63, 3.8) is 0 Å². The number of nitrogens with zero attached hydrogens (tertiary/aromatic N) is 2. The molecule has 7 heteroatoms. The lowest BCUT2D eigenvalue weighted by molar-refractivity contribution is 0.0849. The normalized spacial score (nSPS) is 26.5. The van der Waals surface area contributed by atoms with Crippen LogP contribution in [0, 0.1) is 0 Å². The Morgan fingerprint density at radius 2 is 1.86 bits per heavy atom. The van der Waals surface area contributed by atoms with Crippen molar-refractivity contribution < 1.29 is 18.4 Å². The molecule has 0 aromatic heterocycles. The van der Waals surface area contributed by atoms with E-state index < -0.39 is 22.0 Å². The standard InChI is InChI=1S/C15H18N2O4S/c18-15-11-7-5-6-10-14(11)22(20,21)17(15)13-9-4-2-1-3-8-12(13)16-19/h5-7,10,13,19H,1-4,8-9H2/b16-12+. The lowest BCUT2D eigenvalue weighted by atomic mass is 9.94. The fourth-order valence-electron chi connectivity index (χ4n) is 3.21. The summed E-state index contributed by atoms with van der Waals surface area (Å²) >= 11 is 0. The molecule has 1 aliphatic carbocycles. The highest BCUT2D eigenvalue weighted by Crippen LogP contribution is 2.34. The van der Waals surface area contributed by atoms with Crippen LogP contribution in [0.2, 0.25) is 0 Å². The van der Waals surface area contributed by atoms with E-state index in [2.05, 4.69) is 5.16 Å². The molecule has 1 amide bonds. The van der Waals surface area contributed by atoms with Crippen LogP contribution >= 0.6 is 0 Å². The van der Waals surface area contributed by atoms with Crippen LogP contribution in [0.5, 0.6) is 0 Å². The summed E-state index contributed by atoms with van der Waals surface area (Å²) < 4.78 is 26.4. The van der Waals surface area contributed by atoms with E-state index >= 15 is 0 Å². The molecular formula is C15H18N2O4S. The number of rotatable bonds is 1. The maximum absolute atomic E-state index is 12.7. The van der Waals surface area contributed by atoms with E-state index in [1.807, 2.05) is 0 Å². The summed E-state index contributed by atoms with van der Waals surface area (Å²) in [4.78, 5) is 12.6. The van der Waals surface area contributed by atoms with Gasteiger partial charge in [-0.15, -0.1) is 0 Å². The molecule has 118 valence electrons. The zero-order chi connectivity index (χ0) is 15.7. The van der Waals surface area contributed by atoms with Crippen LogP contribution in [0.4, 0.5) is 0 Å². The molecule has 1 heterocycles. The van der Waals surface area contributed by atoms with Gasteiger partial charge >= 0.3 is 0 Å². The van der Waals surface area contributed by atoms with Gasteiger partial charge in [-0.05, 0) is 31.4 Å². The van der Waals surface area contributed by atoms with E-state index in [-0.39, 0.29) is 10.5 Å². The minimum Gasteiger partial charge on any atom is -0.411 e. The third-order valence-electron chi connectivity index (χ3n) is 4.31. The van der Waals surface area contributed by atoms with Gasteiger partial charge in [0.25, 0.3) is 15.9 Å². The van der Waals surface area contributed by atoms with Gasteiger partial charge in [0.1, 0.15) is 4.90 Å². The summed E-state index contributed by atoms with van der Waals surface area (Å²) in [6, 6.07) is 5.53. The number of carbonyl (C=O) groups is 1. The van der Waals surface area contributed by atoms with Crippen molar-refractivity contribution in [2.24, 2.45) is 5.16 Å². The number of benzene rings is 1. The fraction of sp³-hybridized carbons (Fsp3) is 0.467. The van der Waals surface area contributed by atoms with Crippen LogP contribution < -0.4 is 0 Å². The molecular weight excluding hydrogens is 304 g/mol. The molecule has 3 rings (SSSR count). The Morgan fingerprint density at radius 3 is 2.59 bits per heavy atom. The largest absolute Gasteiger partial charge is 0.411 e. The molecule has 1 fully saturated rings. The number of sulfonamides is 1. The first-order valence-electron chi connectivity index (χ1n) is 7.46. The summed E-state index contributed by atoms with van der Waals surface area (Å²) in [6.07, 6.45) is 4.66. The quantitative estimate of drug-likeness (QED) is 0.635. The highest BCUT2D eigenvalue weighted by Gasteiger charge is 2.46. The molecule has 1 aromatic carbocycles. The van der Waals surface area contributed by atoms with Crippen LogP contribution in [0.15, 0.2) is 34.3 Å². The van der Waals surface area contributed by atoms with Gasteiger partial charge in [0.05, 0.1) is 17.3 Å². The van der Waals surface area contributed by atoms with Gasteiger partial charge in [0.15, 0.2) is 0 Å². The Bertz CT molecular complexity index is 727. The SMILES string of the molecule is O=C1c2ccccc2S(=O)(=O)N1C1CCCCCC/C1=N\O. The molecule has 22 heavy (non-hydrogen) atoms. The summed E-state index contributed by atoms with van der Waals surface area (Å²) in [6.45, 7) is 0. The molecule has 0 spiro atoms. The van der Waals surface area contributed by atoms with Gasteiger partial charge in [-0.25, -0.2) is 12.7 Å². The van der Waals surface area contributed by atoms with Gasteiger partial charge in [-0.2, -0.15) is 0 Å². The monoisotopic (exact) mass is 322 g/mol. The maximum Gasteiger partial charge on any atom is 0.269 e. The lowest BCUT2D eigenvalue weighted by Gasteiger charge is -2.28. The van der Waals surface area contributed by atoms with Crippen molar-refractivity contribution in [2.45, 2.75) is 49.5 Å². The minimum atomic E-state index is -3.87. The predicted octanol–water partition coefficient (Wildman–Crippen LogP) is 2.38. The molecule has 0 bridgehead atoms. The van der Waals surface area contributed by atoms with E-state index in [0.29, 0.717) is 18.6 Å². The van der Waals surface area contributed by atoms with E-state index in [4.69, 9.17) is 0 Å². The second-order valence-electron chi connectivity index (χ2n) is 5.66. The van der Waals surface area contributed by atoms with Crippen LogP contribution in [0.1, 0.15) is 48.9 Å². The van der Waals surface area contributed by atoms with Crippen LogP contribution in [0.25, 0.3) is 0 Å². The van der Waals surface area contributed by atoms with Crippen molar-refractivity contribution in [2.75, 3.05) is 0 Å². The number of carbonyl (C=O) groups excluding carboxylic acids is 1. The zero-order valence-electron chi connectivity index (χ0n) is 12.1. The van der Waals surface area contributed by atoms with Crippen molar-refractivity contribution in [1.82, 2.24) is 4.31 Å². The molecule has 1 unspecified atom stereocenters. The van der Waals surface area contributed by atoms with Gasteiger partial charge < -0.3 is 5.21 Å². The van der Waals surface area contributed by atoms with E-state index in [9.17, 15) is 18.4 Å². The average molecular weight is 322 g/mol. The number of hydrogen-bond acceptors (Lipinski definition) is 5. The first-order chi connectivity index (χ1) is 10.6. The van der Waals surface area contributed by atoms with Gasteiger partial charge in [0, 0.05) is 0 Å². The Balaban J connectivity index is 2.05. The van der Waals surface area contributed by atoms with E-state index in [0.717, 1.165) is 30.0 Å². The number of amides is 1. The summed E-state index contributed by atoms with van der Waals surface area (Å²) in [7, 11) is -3.87. The first-order valence-corrected chi connectivity index (χ1v) is 8.90. The second kappa shape index (κ2) is 5.72. The van der Waals surface area contributed by atoms with Gasteiger partial charge in [-0.1, -0.05) is 36.6 Å². The van der Waals surface area contributed by atoms with Crippen molar-refractivity contribution in [1.29, 1.82) is 0 Å². The summed E-state index contributed by atoms with van der Waals surface area (Å²) in [5, 5.41) is 12.6. The van der Waals surface area contributed by atoms with Crippen molar-refractivity contribution in [3.8, 4) is 0 Å². The molecule has 1 aromatic rings. The Hall–Kier alpha value is -1.89. The molecule has 1 atom stereocenters. The second-order valence-corrected chi connectivity index (χ2v) is 7.45. The Morgan fingerprint density at radius 1 is 1.14 bits per heavy atom. The third kappa shape index (κ3) is 2.29. The highest BCUT2D eigenvalue weighted by atomic mass is 32.2. The Kier molecular flexibility index (Phi) is 3.90. The van der Waals surface area contributed by atoms with Gasteiger partial charge in [-0.3, -0.25) is 4.79 Å². The molecule has 1 aliphatic heterocycles. The van der Waals surface area contributed by atoms with Crippen molar-refractivity contribution >= 4 is 21.6 Å². The van der Waals surface area contributed by atoms with Crippen LogP contribution in [0.3, 0.4) is 0 Å². The van der Waals surface area contributed by atoms with Crippen molar-refractivity contribution in [3.05, 3.63) is 29.8 Å². The fourth-order valence-corrected chi connectivity index (χ4v) is 4.99. The smallest absolute Gasteiger partial charge is 0.269 e. The Labute approximate surface area is 129 Å². The lowest BCUT2D eigenvalue weighted by Crippen LogP contribution is -2.45. The first kappa shape index (κ1) is 15.0. The molecule has 1 saturated carbocycles. The predicted molar refractivity (Wildman–Crippen MR) is 80.5 cm³/mol. The number of oxime groups is 1. The van der Waals surface area contributed by atoms with E-state index in [1.54, 1.807) is 12.1 Å². The van der Waals surface area contributed by atoms with Crippen LogP contribution in [-0.2, 0) is 10.0 Å².